The lowest BCUT2D eigenvalue weighted by Crippen LogP contribution is -1.65. The van der Waals surface area contributed by atoms with Gasteiger partial charge in [-0.25, -0.2) is 5.11 Å². The fourth-order valence-electron chi connectivity index (χ4n) is 0.0630. The molecule has 0 aromatic carbocycles. The van der Waals surface area contributed by atoms with Crippen LogP contribution in [-0.2, 0) is 5.11 Å². The quantitative estimate of drug-likeness (QED) is 0.486. The normalized spacial score (nSPS) is 12.2. The van der Waals surface area contributed by atoms with Crippen molar-refractivity contribution in [3.63, 3.8) is 0 Å². The Bertz CT molecular complexity index is 57.8. The van der Waals surface area contributed by atoms with Crippen molar-refractivity contribution < 1.29 is 9.50 Å². The van der Waals surface area contributed by atoms with Crippen molar-refractivity contribution in [1.29, 1.82) is 0 Å². The van der Waals surface area contributed by atoms with Crippen molar-refractivity contribution >= 4 is 11.6 Å². The van der Waals surface area contributed by atoms with Gasteiger partial charge in [0.15, 0.2) is 5.29 Å². The van der Waals surface area contributed by atoms with Crippen LogP contribution in [0, 0.1) is 0 Å². The number of hydrogen-bond acceptors (Lipinski definition) is 0. The summed E-state index contributed by atoms with van der Waals surface area (Å²) in [5.41, 5.74) is 0. The first-order valence-electron chi connectivity index (χ1n) is 1.36. The standard InChI is InChI=1S/C3H3ClFO/c4-3(5)1-2-6/h1H,2H2/b3-1-. The second kappa shape index (κ2) is 3.12. The molecule has 0 spiro atoms. The van der Waals surface area contributed by atoms with Crippen LogP contribution in [0.1, 0.15) is 0 Å². The van der Waals surface area contributed by atoms with Crippen LogP contribution in [-0.4, -0.2) is 6.61 Å². The fourth-order valence-corrected chi connectivity index (χ4v) is 0.126. The summed E-state index contributed by atoms with van der Waals surface area (Å²) in [6.45, 7) is -0.588. The first kappa shape index (κ1) is 5.92. The van der Waals surface area contributed by atoms with Crippen LogP contribution in [0.2, 0.25) is 0 Å². The predicted octanol–water partition coefficient (Wildman–Crippen LogP) is 1.47. The Balaban J connectivity index is 3.14. The molecule has 1 radical (unpaired) electrons. The highest BCUT2D eigenvalue weighted by Gasteiger charge is 1.78. The Labute approximate surface area is 40.0 Å². The van der Waals surface area contributed by atoms with Crippen molar-refractivity contribution in [3.8, 4) is 0 Å². The zero-order valence-corrected chi connectivity index (χ0v) is 3.70. The molecule has 0 heterocycles. The molecule has 0 saturated heterocycles. The minimum Gasteiger partial charge on any atom is -0.232 e. The molecule has 3 heteroatoms. The van der Waals surface area contributed by atoms with Gasteiger partial charge in [0.25, 0.3) is 0 Å². The summed E-state index contributed by atoms with van der Waals surface area (Å²) in [4.78, 5) is 0. The molecule has 0 rings (SSSR count). The van der Waals surface area contributed by atoms with E-state index in [9.17, 15) is 9.50 Å². The molecule has 0 aliphatic carbocycles. The summed E-state index contributed by atoms with van der Waals surface area (Å²) in [7, 11) is 0. The zero-order valence-electron chi connectivity index (χ0n) is 2.95. The van der Waals surface area contributed by atoms with Crippen LogP contribution in [0.15, 0.2) is 11.4 Å². The highest BCUT2D eigenvalue weighted by Crippen LogP contribution is 1.98. The minimum absolute atomic E-state index is 0.588. The number of rotatable bonds is 1. The Morgan fingerprint density at radius 2 is 2.50 bits per heavy atom. The Kier molecular flexibility index (Phi) is 3.08. The molecular formula is C3H3ClFO. The zero-order chi connectivity index (χ0) is 4.99. The largest absolute Gasteiger partial charge is 0.232 e. The van der Waals surface area contributed by atoms with Gasteiger partial charge in [0.1, 0.15) is 6.61 Å². The smallest absolute Gasteiger partial charge is 0.187 e. The minimum atomic E-state index is -0.926. The van der Waals surface area contributed by atoms with Gasteiger partial charge in [0.05, 0.1) is 0 Å². The molecule has 0 atom stereocenters. The maximum atomic E-state index is 11.1. The highest BCUT2D eigenvalue weighted by atomic mass is 35.5. The summed E-state index contributed by atoms with van der Waals surface area (Å²) in [5.74, 6) is 0. The molecule has 0 amide bonds. The van der Waals surface area contributed by atoms with E-state index in [2.05, 4.69) is 11.6 Å². The molecule has 0 aliphatic rings. The van der Waals surface area contributed by atoms with E-state index in [-0.39, 0.29) is 0 Å². The van der Waals surface area contributed by atoms with Gasteiger partial charge < -0.3 is 0 Å². The monoisotopic (exact) mass is 109 g/mol. The molecule has 0 bridgehead atoms. The fraction of sp³-hybridized carbons (Fsp3) is 0.333. The lowest BCUT2D eigenvalue weighted by molar-refractivity contribution is 0.231. The molecule has 1 nitrogen and oxygen atoms in total. The lowest BCUT2D eigenvalue weighted by Gasteiger charge is -1.70. The van der Waals surface area contributed by atoms with E-state index in [1.165, 1.54) is 0 Å². The van der Waals surface area contributed by atoms with E-state index in [0.29, 0.717) is 0 Å². The van der Waals surface area contributed by atoms with E-state index in [1.54, 1.807) is 0 Å². The third-order valence-electron chi connectivity index (χ3n) is 0.238. The number of halogens is 2. The van der Waals surface area contributed by atoms with Gasteiger partial charge >= 0.3 is 0 Å². The van der Waals surface area contributed by atoms with E-state index in [1.807, 2.05) is 0 Å². The predicted molar refractivity (Wildman–Crippen MR) is 20.6 cm³/mol. The first-order valence-corrected chi connectivity index (χ1v) is 1.74. The van der Waals surface area contributed by atoms with Gasteiger partial charge in [-0.2, -0.15) is 4.39 Å². The maximum Gasteiger partial charge on any atom is 0.187 e. The van der Waals surface area contributed by atoms with Crippen LogP contribution in [0.5, 0.6) is 0 Å². The lowest BCUT2D eigenvalue weighted by atomic mass is 10.7. The van der Waals surface area contributed by atoms with Crippen LogP contribution in [0.4, 0.5) is 4.39 Å². The SMILES string of the molecule is [O]C/C=C(\F)Cl. The topological polar surface area (TPSA) is 19.9 Å². The van der Waals surface area contributed by atoms with Gasteiger partial charge in [-0.1, -0.05) is 11.6 Å². The second-order valence-corrected chi connectivity index (χ2v) is 1.02. The summed E-state index contributed by atoms with van der Waals surface area (Å²) in [6.07, 6.45) is 0.752. The maximum absolute atomic E-state index is 11.1. The van der Waals surface area contributed by atoms with Crippen LogP contribution in [0.3, 0.4) is 0 Å². The van der Waals surface area contributed by atoms with E-state index in [0.717, 1.165) is 6.08 Å². The van der Waals surface area contributed by atoms with Crippen molar-refractivity contribution in [2.24, 2.45) is 0 Å². The van der Waals surface area contributed by atoms with E-state index in [4.69, 9.17) is 0 Å². The van der Waals surface area contributed by atoms with Crippen molar-refractivity contribution in [2.75, 3.05) is 6.61 Å². The van der Waals surface area contributed by atoms with Crippen LogP contribution in [0.25, 0.3) is 0 Å². The van der Waals surface area contributed by atoms with Gasteiger partial charge in [0.2, 0.25) is 0 Å². The highest BCUT2D eigenvalue weighted by molar-refractivity contribution is 6.28. The molecule has 0 aliphatic heterocycles. The Morgan fingerprint density at radius 3 is 2.50 bits per heavy atom. The second-order valence-electron chi connectivity index (χ2n) is 0.660. The molecule has 0 saturated carbocycles. The molecular weight excluding hydrogens is 106 g/mol. The van der Waals surface area contributed by atoms with Gasteiger partial charge in [-0.15, -0.1) is 0 Å². The summed E-state index contributed by atoms with van der Waals surface area (Å²) < 4.78 is 11.1. The molecule has 0 unspecified atom stereocenters. The summed E-state index contributed by atoms with van der Waals surface area (Å²) >= 11 is 4.57. The van der Waals surface area contributed by atoms with Crippen molar-refractivity contribution in [3.05, 3.63) is 11.4 Å². The summed E-state index contributed by atoms with van der Waals surface area (Å²) in [6, 6.07) is 0. The first-order chi connectivity index (χ1) is 2.77. The molecule has 0 aromatic rings. The molecule has 0 N–H and O–H groups in total. The van der Waals surface area contributed by atoms with Gasteiger partial charge in [-0.05, 0) is 6.08 Å². The van der Waals surface area contributed by atoms with E-state index >= 15 is 0 Å². The third-order valence-corrected chi connectivity index (χ3v) is 0.392. The molecule has 6 heavy (non-hydrogen) atoms. The molecule has 0 fully saturated rings. The van der Waals surface area contributed by atoms with Gasteiger partial charge in [0, 0.05) is 0 Å². The molecule has 35 valence electrons. The number of hydrogen-bond donors (Lipinski definition) is 0. The molecule has 0 aromatic heterocycles. The van der Waals surface area contributed by atoms with Gasteiger partial charge in [-0.3, -0.25) is 0 Å². The third kappa shape index (κ3) is 3.92. The van der Waals surface area contributed by atoms with Crippen molar-refractivity contribution in [2.45, 2.75) is 0 Å². The van der Waals surface area contributed by atoms with Crippen LogP contribution >= 0.6 is 11.6 Å². The van der Waals surface area contributed by atoms with Crippen LogP contribution < -0.4 is 0 Å². The Hall–Kier alpha value is -0.0800. The average Bonchev–Trinajstić information content (AvgIpc) is 1.35. The Morgan fingerprint density at radius 1 is 2.00 bits per heavy atom. The summed E-state index contributed by atoms with van der Waals surface area (Å²) in [5, 5.41) is 8.41. The van der Waals surface area contributed by atoms with E-state index < -0.39 is 11.9 Å². The van der Waals surface area contributed by atoms with Crippen molar-refractivity contribution in [1.82, 2.24) is 0 Å². The average molecular weight is 110 g/mol.